The molecule has 0 radical (unpaired) electrons. The van der Waals surface area contributed by atoms with Gasteiger partial charge in [-0.15, -0.1) is 0 Å². The van der Waals surface area contributed by atoms with Gasteiger partial charge >= 0.3 is 0 Å². The normalized spacial score (nSPS) is 36.8. The predicted octanol–water partition coefficient (Wildman–Crippen LogP) is 2.09. The number of nitrogens with zero attached hydrogens (tertiary/aromatic N) is 1. The van der Waals surface area contributed by atoms with E-state index in [4.69, 9.17) is 0 Å². The van der Waals surface area contributed by atoms with Gasteiger partial charge in [-0.25, -0.2) is 0 Å². The van der Waals surface area contributed by atoms with Gasteiger partial charge in [0.25, 0.3) is 0 Å². The van der Waals surface area contributed by atoms with Crippen LogP contribution in [0.1, 0.15) is 20.8 Å². The minimum atomic E-state index is 0.884. The molecule has 0 heterocycles. The summed E-state index contributed by atoms with van der Waals surface area (Å²) in [4.78, 5) is 2.31. The summed E-state index contributed by atoms with van der Waals surface area (Å²) in [5, 5.41) is 0. The van der Waals surface area contributed by atoms with E-state index >= 15 is 0 Å². The average molecular weight is 155 g/mol. The molecule has 0 aromatic heterocycles. The monoisotopic (exact) mass is 155 g/mol. The van der Waals surface area contributed by atoms with Crippen LogP contribution < -0.4 is 0 Å². The van der Waals surface area contributed by atoms with Crippen molar-refractivity contribution in [1.29, 1.82) is 0 Å². The van der Waals surface area contributed by atoms with Gasteiger partial charge in [0.2, 0.25) is 0 Å². The molecule has 1 aliphatic rings. The second-order valence-corrected chi connectivity index (χ2v) is 4.61. The summed E-state index contributed by atoms with van der Waals surface area (Å²) in [6, 6.07) is 0. The maximum absolute atomic E-state index is 2.39. The topological polar surface area (TPSA) is 3.24 Å². The Kier molecular flexibility index (Phi) is 2.58. The van der Waals surface area contributed by atoms with Crippen molar-refractivity contribution in [3.05, 3.63) is 0 Å². The molecule has 1 fully saturated rings. The summed E-state index contributed by atoms with van der Waals surface area (Å²) < 4.78 is 0. The molecular formula is C10H21N. The Morgan fingerprint density at radius 2 is 1.82 bits per heavy atom. The first-order valence-corrected chi connectivity index (χ1v) is 4.68. The Hall–Kier alpha value is -0.0400. The summed E-state index contributed by atoms with van der Waals surface area (Å²) in [6.07, 6.45) is 0. The second-order valence-electron chi connectivity index (χ2n) is 4.61. The van der Waals surface area contributed by atoms with Gasteiger partial charge in [-0.2, -0.15) is 0 Å². The maximum atomic E-state index is 2.39. The largest absolute Gasteiger partial charge is 0.309 e. The van der Waals surface area contributed by atoms with Crippen molar-refractivity contribution in [3.63, 3.8) is 0 Å². The molecule has 1 saturated carbocycles. The van der Waals surface area contributed by atoms with Crippen LogP contribution in [0.4, 0.5) is 0 Å². The van der Waals surface area contributed by atoms with Crippen LogP contribution in [0.5, 0.6) is 0 Å². The predicted molar refractivity (Wildman–Crippen MR) is 49.5 cm³/mol. The van der Waals surface area contributed by atoms with Gasteiger partial charge in [0.1, 0.15) is 0 Å². The molecule has 0 spiro atoms. The van der Waals surface area contributed by atoms with E-state index in [-0.39, 0.29) is 0 Å². The van der Waals surface area contributed by atoms with Crippen molar-refractivity contribution in [1.82, 2.24) is 4.90 Å². The Bertz CT molecular complexity index is 129. The minimum Gasteiger partial charge on any atom is -0.309 e. The fourth-order valence-electron chi connectivity index (χ4n) is 2.39. The smallest absolute Gasteiger partial charge is 0.000906 e. The molecule has 3 unspecified atom stereocenters. The lowest BCUT2D eigenvalue weighted by molar-refractivity contribution is 0.362. The molecular weight excluding hydrogens is 134 g/mol. The van der Waals surface area contributed by atoms with E-state index in [1.807, 2.05) is 0 Å². The van der Waals surface area contributed by atoms with Crippen LogP contribution in [-0.2, 0) is 0 Å². The van der Waals surface area contributed by atoms with Gasteiger partial charge in [-0.05, 0) is 37.8 Å². The van der Waals surface area contributed by atoms with Crippen LogP contribution in [0.25, 0.3) is 0 Å². The molecule has 0 aromatic carbocycles. The molecule has 1 heteroatoms. The van der Waals surface area contributed by atoms with E-state index < -0.39 is 0 Å². The molecule has 1 rings (SSSR count). The van der Waals surface area contributed by atoms with Gasteiger partial charge in [-0.3, -0.25) is 0 Å². The van der Waals surface area contributed by atoms with Gasteiger partial charge in [0, 0.05) is 6.54 Å². The third-order valence-electron chi connectivity index (χ3n) is 2.98. The van der Waals surface area contributed by atoms with Crippen molar-refractivity contribution in [2.24, 2.45) is 23.7 Å². The molecule has 0 amide bonds. The zero-order valence-electron chi connectivity index (χ0n) is 8.46. The van der Waals surface area contributed by atoms with E-state index in [0.29, 0.717) is 0 Å². The fourth-order valence-corrected chi connectivity index (χ4v) is 2.39. The Balaban J connectivity index is 2.30. The lowest BCUT2D eigenvalue weighted by atomic mass is 10.1. The first-order valence-electron chi connectivity index (χ1n) is 4.68. The van der Waals surface area contributed by atoms with Crippen LogP contribution >= 0.6 is 0 Å². The summed E-state index contributed by atoms with van der Waals surface area (Å²) in [6.45, 7) is 8.36. The third-order valence-corrected chi connectivity index (χ3v) is 2.98. The Morgan fingerprint density at radius 1 is 1.27 bits per heavy atom. The molecule has 1 aliphatic carbocycles. The molecule has 0 aliphatic heterocycles. The summed E-state index contributed by atoms with van der Waals surface area (Å²) in [7, 11) is 4.34. The molecule has 0 bridgehead atoms. The van der Waals surface area contributed by atoms with Gasteiger partial charge in [0.05, 0.1) is 0 Å². The molecule has 11 heavy (non-hydrogen) atoms. The molecule has 3 atom stereocenters. The van der Waals surface area contributed by atoms with E-state index in [1.165, 1.54) is 6.54 Å². The lowest BCUT2D eigenvalue weighted by Gasteiger charge is -2.09. The van der Waals surface area contributed by atoms with Crippen molar-refractivity contribution < 1.29 is 0 Å². The van der Waals surface area contributed by atoms with E-state index in [1.54, 1.807) is 0 Å². The first kappa shape index (κ1) is 9.05. The highest BCUT2D eigenvalue weighted by Gasteiger charge is 2.47. The standard InChI is InChI=1S/C10H21N/c1-7(2)10-8(3)9(10)6-11(4)5/h7-10H,6H2,1-5H3. The fraction of sp³-hybridized carbons (Fsp3) is 1.00. The Labute approximate surface area is 70.8 Å². The van der Waals surface area contributed by atoms with Crippen molar-refractivity contribution in [2.75, 3.05) is 20.6 Å². The number of rotatable bonds is 3. The molecule has 0 N–H and O–H groups in total. The highest BCUT2D eigenvalue weighted by molar-refractivity contribution is 4.96. The lowest BCUT2D eigenvalue weighted by Crippen LogP contribution is -2.16. The molecule has 66 valence electrons. The average Bonchev–Trinajstić information content (AvgIpc) is 2.40. The van der Waals surface area contributed by atoms with Crippen molar-refractivity contribution in [2.45, 2.75) is 20.8 Å². The third kappa shape index (κ3) is 1.96. The summed E-state index contributed by atoms with van der Waals surface area (Å²) in [5.74, 6) is 3.83. The SMILES string of the molecule is CC(C)C1C(C)C1CN(C)C. The quantitative estimate of drug-likeness (QED) is 0.603. The summed E-state index contributed by atoms with van der Waals surface area (Å²) in [5.41, 5.74) is 0. The van der Waals surface area contributed by atoms with Gasteiger partial charge < -0.3 is 4.90 Å². The zero-order valence-corrected chi connectivity index (χ0v) is 8.46. The minimum absolute atomic E-state index is 0.884. The van der Waals surface area contributed by atoms with Crippen LogP contribution in [-0.4, -0.2) is 25.5 Å². The van der Waals surface area contributed by atoms with Crippen LogP contribution in [0.3, 0.4) is 0 Å². The van der Waals surface area contributed by atoms with E-state index in [9.17, 15) is 0 Å². The molecule has 0 saturated heterocycles. The highest BCUT2D eigenvalue weighted by atomic mass is 15.1. The maximum Gasteiger partial charge on any atom is 0.000906 e. The highest BCUT2D eigenvalue weighted by Crippen LogP contribution is 2.50. The summed E-state index contributed by atoms with van der Waals surface area (Å²) >= 11 is 0. The molecule has 0 aromatic rings. The van der Waals surface area contributed by atoms with Crippen LogP contribution in [0, 0.1) is 23.7 Å². The van der Waals surface area contributed by atoms with Crippen molar-refractivity contribution in [3.8, 4) is 0 Å². The molecule has 1 nitrogen and oxygen atoms in total. The van der Waals surface area contributed by atoms with Crippen molar-refractivity contribution >= 4 is 0 Å². The van der Waals surface area contributed by atoms with E-state index in [0.717, 1.165) is 23.7 Å². The van der Waals surface area contributed by atoms with E-state index in [2.05, 4.69) is 39.8 Å². The first-order chi connectivity index (χ1) is 5.04. The number of hydrogen-bond acceptors (Lipinski definition) is 1. The Morgan fingerprint density at radius 3 is 2.09 bits per heavy atom. The zero-order chi connectivity index (χ0) is 8.59. The number of hydrogen-bond donors (Lipinski definition) is 0. The van der Waals surface area contributed by atoms with Crippen LogP contribution in [0.2, 0.25) is 0 Å². The van der Waals surface area contributed by atoms with Gasteiger partial charge in [-0.1, -0.05) is 20.8 Å². The van der Waals surface area contributed by atoms with Crippen LogP contribution in [0.15, 0.2) is 0 Å². The van der Waals surface area contributed by atoms with Gasteiger partial charge in [0.15, 0.2) is 0 Å². The second kappa shape index (κ2) is 3.14.